The Morgan fingerprint density at radius 1 is 1.35 bits per heavy atom. The van der Waals surface area contributed by atoms with Gasteiger partial charge in [-0.2, -0.15) is 0 Å². The quantitative estimate of drug-likeness (QED) is 0.879. The molecule has 2 N–H and O–H groups in total. The molecule has 0 saturated carbocycles. The maximum absolute atomic E-state index is 11.5. The van der Waals surface area contributed by atoms with Crippen LogP contribution in [-0.2, 0) is 10.0 Å². The van der Waals surface area contributed by atoms with Crippen LogP contribution in [-0.4, -0.2) is 17.8 Å². The van der Waals surface area contributed by atoms with Gasteiger partial charge >= 0.3 is 0 Å². The Labute approximate surface area is 100 Å². The molecule has 0 aliphatic heterocycles. The second kappa shape index (κ2) is 3.82. The predicted octanol–water partition coefficient (Wildman–Crippen LogP) is 1.41. The molecule has 0 fully saturated rings. The van der Waals surface area contributed by atoms with E-state index in [2.05, 4.69) is 4.98 Å². The molecule has 0 aliphatic carbocycles. The first kappa shape index (κ1) is 12.1. The van der Waals surface area contributed by atoms with Gasteiger partial charge in [-0.15, -0.1) is 0 Å². The number of pyridine rings is 1. The number of fused-ring (bicyclic) bond motifs is 1. The van der Waals surface area contributed by atoms with E-state index in [1.54, 1.807) is 12.1 Å². The Morgan fingerprint density at radius 3 is 2.53 bits per heavy atom. The summed E-state index contributed by atoms with van der Waals surface area (Å²) in [4.78, 5) is 4.17. The Bertz CT molecular complexity index is 671. The van der Waals surface area contributed by atoms with Crippen LogP contribution in [0.1, 0.15) is 31.3 Å². The van der Waals surface area contributed by atoms with Crippen LogP contribution < -0.4 is 5.14 Å². The van der Waals surface area contributed by atoms with Crippen LogP contribution >= 0.6 is 0 Å². The molecule has 2 heterocycles. The standard InChI is InChI=1S/C11H15N3O2S/c1-7(2)10-13-11(17(12,15)16)9-6-4-5-8(3)14(9)10/h4-7H,1-3H3,(H2,12,15,16). The lowest BCUT2D eigenvalue weighted by Crippen LogP contribution is -2.13. The average molecular weight is 253 g/mol. The van der Waals surface area contributed by atoms with Crippen molar-refractivity contribution in [3.63, 3.8) is 0 Å². The van der Waals surface area contributed by atoms with Crippen LogP contribution in [0.25, 0.3) is 5.52 Å². The lowest BCUT2D eigenvalue weighted by atomic mass is 10.2. The van der Waals surface area contributed by atoms with Crippen LogP contribution in [0.2, 0.25) is 0 Å². The topological polar surface area (TPSA) is 77.5 Å². The monoisotopic (exact) mass is 253 g/mol. The van der Waals surface area contributed by atoms with Crippen molar-refractivity contribution in [2.45, 2.75) is 31.7 Å². The number of nitrogens with zero attached hydrogens (tertiary/aromatic N) is 2. The third kappa shape index (κ3) is 1.94. The summed E-state index contributed by atoms with van der Waals surface area (Å²) in [6, 6.07) is 5.42. The molecule has 0 bridgehead atoms. The van der Waals surface area contributed by atoms with E-state index in [9.17, 15) is 8.42 Å². The van der Waals surface area contributed by atoms with Crippen LogP contribution in [0, 0.1) is 6.92 Å². The first-order valence-corrected chi connectivity index (χ1v) is 6.87. The molecule has 0 unspecified atom stereocenters. The van der Waals surface area contributed by atoms with Crippen molar-refractivity contribution < 1.29 is 8.42 Å². The molecular formula is C11H15N3O2S. The third-order valence-corrected chi connectivity index (χ3v) is 3.47. The summed E-state index contributed by atoms with van der Waals surface area (Å²) in [5.41, 5.74) is 1.48. The van der Waals surface area contributed by atoms with E-state index in [1.807, 2.05) is 31.2 Å². The number of aromatic nitrogens is 2. The molecule has 0 aromatic carbocycles. The largest absolute Gasteiger partial charge is 0.299 e. The minimum Gasteiger partial charge on any atom is -0.299 e. The van der Waals surface area contributed by atoms with E-state index < -0.39 is 10.0 Å². The van der Waals surface area contributed by atoms with Crippen molar-refractivity contribution in [2.75, 3.05) is 0 Å². The van der Waals surface area contributed by atoms with Gasteiger partial charge in [0, 0.05) is 11.6 Å². The molecule has 0 spiro atoms. The highest BCUT2D eigenvalue weighted by Crippen LogP contribution is 2.23. The van der Waals surface area contributed by atoms with E-state index in [-0.39, 0.29) is 10.9 Å². The van der Waals surface area contributed by atoms with Crippen molar-refractivity contribution in [1.82, 2.24) is 9.38 Å². The number of nitrogens with two attached hydrogens (primary N) is 1. The summed E-state index contributed by atoms with van der Waals surface area (Å²) < 4.78 is 24.8. The van der Waals surface area contributed by atoms with Crippen molar-refractivity contribution >= 4 is 15.5 Å². The van der Waals surface area contributed by atoms with Crippen molar-refractivity contribution in [3.05, 3.63) is 29.7 Å². The zero-order chi connectivity index (χ0) is 12.8. The number of rotatable bonds is 2. The lowest BCUT2D eigenvalue weighted by molar-refractivity contribution is 0.595. The van der Waals surface area contributed by atoms with Crippen molar-refractivity contribution in [1.29, 1.82) is 0 Å². The zero-order valence-electron chi connectivity index (χ0n) is 10.0. The summed E-state index contributed by atoms with van der Waals surface area (Å²) in [6.07, 6.45) is 0. The van der Waals surface area contributed by atoms with E-state index in [0.29, 0.717) is 11.3 Å². The maximum Gasteiger partial charge on any atom is 0.257 e. The molecule has 0 atom stereocenters. The number of primary sulfonamides is 1. The maximum atomic E-state index is 11.5. The molecule has 17 heavy (non-hydrogen) atoms. The van der Waals surface area contributed by atoms with Gasteiger partial charge in [-0.25, -0.2) is 18.5 Å². The SMILES string of the molecule is Cc1cccc2c(S(N)(=O)=O)nc(C(C)C)n12. The van der Waals surface area contributed by atoms with Crippen molar-refractivity contribution in [3.8, 4) is 0 Å². The van der Waals surface area contributed by atoms with Crippen LogP contribution in [0.15, 0.2) is 23.2 Å². The molecule has 2 rings (SSSR count). The smallest absolute Gasteiger partial charge is 0.257 e. The van der Waals surface area contributed by atoms with Gasteiger partial charge in [0.15, 0.2) is 5.03 Å². The summed E-state index contributed by atoms with van der Waals surface area (Å²) in [5.74, 6) is 0.834. The van der Waals surface area contributed by atoms with Gasteiger partial charge in [0.2, 0.25) is 0 Å². The molecule has 5 nitrogen and oxygen atoms in total. The van der Waals surface area contributed by atoms with Crippen LogP contribution in [0.5, 0.6) is 0 Å². The fourth-order valence-electron chi connectivity index (χ4n) is 1.90. The Balaban J connectivity index is 2.95. The second-order valence-electron chi connectivity index (χ2n) is 4.36. The van der Waals surface area contributed by atoms with E-state index in [1.165, 1.54) is 0 Å². The van der Waals surface area contributed by atoms with Crippen molar-refractivity contribution in [2.24, 2.45) is 5.14 Å². The third-order valence-electron chi connectivity index (χ3n) is 2.64. The molecule has 0 saturated heterocycles. The lowest BCUT2D eigenvalue weighted by Gasteiger charge is -2.06. The highest BCUT2D eigenvalue weighted by atomic mass is 32.2. The first-order valence-electron chi connectivity index (χ1n) is 5.33. The summed E-state index contributed by atoms with van der Waals surface area (Å²) >= 11 is 0. The fraction of sp³-hybridized carbons (Fsp3) is 0.364. The Hall–Kier alpha value is -1.40. The molecule has 6 heteroatoms. The Morgan fingerprint density at radius 2 is 2.00 bits per heavy atom. The molecule has 0 aliphatic rings. The zero-order valence-corrected chi connectivity index (χ0v) is 10.8. The van der Waals surface area contributed by atoms with E-state index in [4.69, 9.17) is 5.14 Å². The fourth-order valence-corrected chi connectivity index (χ4v) is 2.57. The number of aryl methyl sites for hydroxylation is 1. The highest BCUT2D eigenvalue weighted by Gasteiger charge is 2.21. The summed E-state index contributed by atoms with van der Waals surface area (Å²) in [6.45, 7) is 5.84. The van der Waals surface area contributed by atoms with E-state index in [0.717, 1.165) is 5.69 Å². The Kier molecular flexibility index (Phi) is 2.71. The van der Waals surface area contributed by atoms with Gasteiger partial charge < -0.3 is 0 Å². The highest BCUT2D eigenvalue weighted by molar-refractivity contribution is 7.89. The van der Waals surface area contributed by atoms with Gasteiger partial charge in [-0.1, -0.05) is 19.9 Å². The van der Waals surface area contributed by atoms with Gasteiger partial charge in [-0.3, -0.25) is 4.40 Å². The first-order chi connectivity index (χ1) is 7.82. The molecule has 92 valence electrons. The second-order valence-corrected chi connectivity index (χ2v) is 5.84. The molecule has 0 radical (unpaired) electrons. The molecule has 0 amide bonds. The van der Waals surface area contributed by atoms with Crippen LogP contribution in [0.3, 0.4) is 0 Å². The molecular weight excluding hydrogens is 238 g/mol. The summed E-state index contributed by atoms with van der Waals surface area (Å²) in [5, 5.41) is 5.13. The van der Waals surface area contributed by atoms with Crippen LogP contribution in [0.4, 0.5) is 0 Å². The number of imidazole rings is 1. The molecule has 2 aromatic rings. The minimum atomic E-state index is -3.79. The number of hydrogen-bond donors (Lipinski definition) is 1. The van der Waals surface area contributed by atoms with Gasteiger partial charge in [0.1, 0.15) is 5.82 Å². The van der Waals surface area contributed by atoms with Gasteiger partial charge in [-0.05, 0) is 19.1 Å². The molecule has 2 aromatic heterocycles. The van der Waals surface area contributed by atoms with Gasteiger partial charge in [0.05, 0.1) is 5.52 Å². The normalized spacial score (nSPS) is 12.5. The summed E-state index contributed by atoms with van der Waals surface area (Å²) in [7, 11) is -3.79. The minimum absolute atomic E-state index is 0.0510. The predicted molar refractivity (Wildman–Crippen MR) is 65.4 cm³/mol. The van der Waals surface area contributed by atoms with E-state index >= 15 is 0 Å². The van der Waals surface area contributed by atoms with Gasteiger partial charge in [0.25, 0.3) is 10.0 Å². The number of hydrogen-bond acceptors (Lipinski definition) is 3. The number of sulfonamides is 1. The average Bonchev–Trinajstić information content (AvgIpc) is 2.57.